The molecule has 2 atom stereocenters. The summed E-state index contributed by atoms with van der Waals surface area (Å²) in [7, 11) is 0. The first-order valence-corrected chi connectivity index (χ1v) is 2.92. The van der Waals surface area contributed by atoms with Gasteiger partial charge in [0.15, 0.2) is 0 Å². The van der Waals surface area contributed by atoms with Crippen molar-refractivity contribution in [1.29, 1.82) is 0 Å². The fourth-order valence-corrected chi connectivity index (χ4v) is 1.05. The molecule has 2 N–H and O–H groups in total. The quantitative estimate of drug-likeness (QED) is 0.514. The largest absolute Gasteiger partial charge is 0.393 e. The van der Waals surface area contributed by atoms with Crippen LogP contribution in [0.15, 0.2) is 0 Å². The Balaban J connectivity index is 2.33. The average Bonchev–Trinajstić information content (AvgIpc) is 2.17. The van der Waals surface area contributed by atoms with Crippen molar-refractivity contribution in [2.75, 3.05) is 0 Å². The first kappa shape index (κ1) is 5.04. The van der Waals surface area contributed by atoms with Gasteiger partial charge in [0.05, 0.1) is 4.99 Å². The maximum Gasteiger partial charge on any atom is 0.0761 e. The van der Waals surface area contributed by atoms with Crippen molar-refractivity contribution in [3.63, 3.8) is 0 Å². The van der Waals surface area contributed by atoms with Gasteiger partial charge in [0.2, 0.25) is 0 Å². The predicted molar refractivity (Wildman–Crippen MR) is 34.1 cm³/mol. The summed E-state index contributed by atoms with van der Waals surface area (Å²) in [5.41, 5.74) is 5.32. The van der Waals surface area contributed by atoms with Crippen LogP contribution in [0.4, 0.5) is 0 Å². The highest BCUT2D eigenvalue weighted by molar-refractivity contribution is 7.80. The van der Waals surface area contributed by atoms with E-state index in [1.807, 2.05) is 0 Å². The van der Waals surface area contributed by atoms with Crippen LogP contribution in [0.5, 0.6) is 0 Å². The zero-order valence-electron chi connectivity index (χ0n) is 4.35. The fourth-order valence-electron chi connectivity index (χ4n) is 0.719. The second-order valence-corrected chi connectivity index (χ2v) is 2.69. The van der Waals surface area contributed by atoms with Crippen molar-refractivity contribution < 1.29 is 0 Å². The van der Waals surface area contributed by atoms with Gasteiger partial charge in [-0.1, -0.05) is 19.1 Å². The van der Waals surface area contributed by atoms with Crippen LogP contribution in [0.1, 0.15) is 13.3 Å². The zero-order chi connectivity index (χ0) is 5.44. The second-order valence-electron chi connectivity index (χ2n) is 2.22. The highest BCUT2D eigenvalue weighted by atomic mass is 32.1. The molecule has 1 aliphatic carbocycles. The van der Waals surface area contributed by atoms with Crippen LogP contribution in [-0.4, -0.2) is 4.99 Å². The van der Waals surface area contributed by atoms with Gasteiger partial charge in [-0.25, -0.2) is 0 Å². The lowest BCUT2D eigenvalue weighted by Gasteiger charge is -1.85. The van der Waals surface area contributed by atoms with Gasteiger partial charge in [0, 0.05) is 5.92 Å². The van der Waals surface area contributed by atoms with Crippen molar-refractivity contribution in [2.45, 2.75) is 13.3 Å². The summed E-state index contributed by atoms with van der Waals surface area (Å²) >= 11 is 4.74. The minimum atomic E-state index is 0.579. The second kappa shape index (κ2) is 1.44. The number of thiocarbonyl (C=S) groups is 1. The molecule has 0 heterocycles. The van der Waals surface area contributed by atoms with Crippen molar-refractivity contribution in [3.05, 3.63) is 0 Å². The van der Waals surface area contributed by atoms with Crippen LogP contribution in [0.3, 0.4) is 0 Å². The predicted octanol–water partition coefficient (Wildman–Crippen LogP) is 0.929. The fraction of sp³-hybridized carbons (Fsp3) is 0.800. The van der Waals surface area contributed by atoms with Gasteiger partial charge >= 0.3 is 0 Å². The average molecular weight is 115 g/mol. The summed E-state index contributed by atoms with van der Waals surface area (Å²) in [6, 6.07) is 0. The Morgan fingerprint density at radius 2 is 2.29 bits per heavy atom. The minimum absolute atomic E-state index is 0.579. The summed E-state index contributed by atoms with van der Waals surface area (Å²) in [5, 5.41) is 0. The van der Waals surface area contributed by atoms with Crippen LogP contribution >= 0.6 is 12.2 Å². The van der Waals surface area contributed by atoms with E-state index >= 15 is 0 Å². The van der Waals surface area contributed by atoms with Crippen molar-refractivity contribution >= 4 is 17.2 Å². The molecule has 1 saturated carbocycles. The molecule has 0 aromatic rings. The standard InChI is InChI=1S/C5H9NS/c1-3-2-4(3)5(6)7/h3-4H,2H2,1H3,(H2,6,7)/t3?,4-/m1/s1. The third-order valence-corrected chi connectivity index (χ3v) is 1.78. The molecule has 0 aliphatic heterocycles. The van der Waals surface area contributed by atoms with Crippen molar-refractivity contribution in [1.82, 2.24) is 0 Å². The Morgan fingerprint density at radius 1 is 1.86 bits per heavy atom. The Bertz CT molecular complexity index is 100. The molecule has 7 heavy (non-hydrogen) atoms. The van der Waals surface area contributed by atoms with E-state index in [9.17, 15) is 0 Å². The lowest BCUT2D eigenvalue weighted by Crippen LogP contribution is -2.10. The molecule has 0 saturated heterocycles. The topological polar surface area (TPSA) is 26.0 Å². The Hall–Kier alpha value is -0.110. The molecule has 1 fully saturated rings. The SMILES string of the molecule is CC1C[C@H]1C(N)=S. The lowest BCUT2D eigenvalue weighted by atomic mass is 10.3. The molecule has 1 aliphatic rings. The molecule has 0 aromatic heterocycles. The van der Waals surface area contributed by atoms with Gasteiger partial charge in [0.1, 0.15) is 0 Å². The molecule has 1 rings (SSSR count). The summed E-state index contributed by atoms with van der Waals surface area (Å²) in [6.07, 6.45) is 1.22. The molecule has 0 radical (unpaired) electrons. The van der Waals surface area contributed by atoms with Crippen LogP contribution in [0, 0.1) is 11.8 Å². The molecule has 40 valence electrons. The van der Waals surface area contributed by atoms with Crippen molar-refractivity contribution in [2.24, 2.45) is 17.6 Å². The Morgan fingerprint density at radius 3 is 2.29 bits per heavy atom. The van der Waals surface area contributed by atoms with Crippen LogP contribution in [0.25, 0.3) is 0 Å². The number of hydrogen-bond acceptors (Lipinski definition) is 1. The van der Waals surface area contributed by atoms with E-state index in [1.165, 1.54) is 6.42 Å². The molecule has 0 amide bonds. The summed E-state index contributed by atoms with van der Waals surface area (Å²) < 4.78 is 0. The zero-order valence-corrected chi connectivity index (χ0v) is 5.16. The first-order chi connectivity index (χ1) is 3.22. The minimum Gasteiger partial charge on any atom is -0.393 e. The summed E-state index contributed by atoms with van der Waals surface area (Å²) in [4.78, 5) is 0.701. The lowest BCUT2D eigenvalue weighted by molar-refractivity contribution is 0.928. The summed E-state index contributed by atoms with van der Waals surface area (Å²) in [5.74, 6) is 1.35. The molecular weight excluding hydrogens is 106 g/mol. The van der Waals surface area contributed by atoms with E-state index in [4.69, 9.17) is 18.0 Å². The Kier molecular flexibility index (Phi) is 1.04. The van der Waals surface area contributed by atoms with Gasteiger partial charge < -0.3 is 5.73 Å². The highest BCUT2D eigenvalue weighted by Crippen LogP contribution is 2.37. The molecule has 1 unspecified atom stereocenters. The molecule has 0 aromatic carbocycles. The monoisotopic (exact) mass is 115 g/mol. The highest BCUT2D eigenvalue weighted by Gasteiger charge is 2.34. The van der Waals surface area contributed by atoms with Gasteiger partial charge in [-0.05, 0) is 12.3 Å². The Labute approximate surface area is 48.9 Å². The molecule has 0 bridgehead atoms. The van der Waals surface area contributed by atoms with Gasteiger partial charge in [0.25, 0.3) is 0 Å². The third-order valence-electron chi connectivity index (χ3n) is 1.47. The summed E-state index contributed by atoms with van der Waals surface area (Å²) in [6.45, 7) is 2.17. The molecule has 2 heteroatoms. The van der Waals surface area contributed by atoms with E-state index in [-0.39, 0.29) is 0 Å². The van der Waals surface area contributed by atoms with E-state index in [1.54, 1.807) is 0 Å². The normalized spacial score (nSPS) is 37.9. The van der Waals surface area contributed by atoms with Gasteiger partial charge in [-0.2, -0.15) is 0 Å². The van der Waals surface area contributed by atoms with Gasteiger partial charge in [-0.3, -0.25) is 0 Å². The maximum atomic E-state index is 5.32. The van der Waals surface area contributed by atoms with Gasteiger partial charge in [-0.15, -0.1) is 0 Å². The van der Waals surface area contributed by atoms with Crippen molar-refractivity contribution in [3.8, 4) is 0 Å². The van der Waals surface area contributed by atoms with Crippen LogP contribution in [-0.2, 0) is 0 Å². The van der Waals surface area contributed by atoms with Crippen LogP contribution < -0.4 is 5.73 Å². The van der Waals surface area contributed by atoms with E-state index in [0.29, 0.717) is 10.9 Å². The van der Waals surface area contributed by atoms with E-state index < -0.39 is 0 Å². The number of rotatable bonds is 1. The number of hydrogen-bond donors (Lipinski definition) is 1. The first-order valence-electron chi connectivity index (χ1n) is 2.51. The number of nitrogens with two attached hydrogens (primary N) is 1. The van der Waals surface area contributed by atoms with E-state index in [2.05, 4.69) is 6.92 Å². The van der Waals surface area contributed by atoms with Crippen LogP contribution in [0.2, 0.25) is 0 Å². The third kappa shape index (κ3) is 0.911. The smallest absolute Gasteiger partial charge is 0.0761 e. The molecule has 1 nitrogen and oxygen atoms in total. The molecular formula is C5H9NS. The van der Waals surface area contributed by atoms with E-state index in [0.717, 1.165) is 5.92 Å². The maximum absolute atomic E-state index is 5.32. The molecule has 0 spiro atoms.